The molecule has 6 nitrogen and oxygen atoms in total. The number of ether oxygens (including phenoxy) is 1. The van der Waals surface area contributed by atoms with Crippen LogP contribution in [0.4, 0.5) is 0 Å². The second-order valence-corrected chi connectivity index (χ2v) is 9.70. The zero-order valence-electron chi connectivity index (χ0n) is 19.0. The van der Waals surface area contributed by atoms with Crippen molar-refractivity contribution in [3.63, 3.8) is 0 Å². The van der Waals surface area contributed by atoms with Gasteiger partial charge in [0.25, 0.3) is 5.91 Å². The van der Waals surface area contributed by atoms with Gasteiger partial charge in [-0.15, -0.1) is 0 Å². The Morgan fingerprint density at radius 3 is 2.45 bits per heavy atom. The van der Waals surface area contributed by atoms with Crippen molar-refractivity contribution in [2.45, 2.75) is 58.0 Å². The Morgan fingerprint density at radius 1 is 1.10 bits per heavy atom. The summed E-state index contributed by atoms with van der Waals surface area (Å²) < 4.78 is 5.66. The molecule has 4 aliphatic rings. The van der Waals surface area contributed by atoms with Crippen LogP contribution in [0.15, 0.2) is 29.4 Å². The van der Waals surface area contributed by atoms with Crippen molar-refractivity contribution < 1.29 is 14.4 Å². The van der Waals surface area contributed by atoms with Crippen LogP contribution >= 0.6 is 0 Å². The molecule has 6 heteroatoms. The van der Waals surface area contributed by atoms with E-state index in [1.165, 1.54) is 25.7 Å². The molecule has 1 unspecified atom stereocenters. The number of carbonyl (C=O) groups is 1. The SMILES string of the molecule is CC(=NOC1CC2CCC1CC2)c1ccc(OCC(=O)NCC2CCN(C)CC2)cc1. The molecule has 0 aromatic heterocycles. The summed E-state index contributed by atoms with van der Waals surface area (Å²) in [6.45, 7) is 4.99. The van der Waals surface area contributed by atoms with Crippen LogP contribution < -0.4 is 10.1 Å². The number of hydrogen-bond donors (Lipinski definition) is 1. The lowest BCUT2D eigenvalue weighted by Gasteiger charge is -2.40. The van der Waals surface area contributed by atoms with Crippen molar-refractivity contribution in [2.75, 3.05) is 33.3 Å². The summed E-state index contributed by atoms with van der Waals surface area (Å²) in [7, 11) is 2.15. The lowest BCUT2D eigenvalue weighted by atomic mass is 9.69. The molecular formula is C25H37N3O3. The van der Waals surface area contributed by atoms with E-state index in [-0.39, 0.29) is 18.6 Å². The van der Waals surface area contributed by atoms with E-state index in [0.29, 0.717) is 17.6 Å². The first kappa shape index (κ1) is 22.1. The Hall–Kier alpha value is -2.08. The fraction of sp³-hybridized carbons (Fsp3) is 0.680. The first-order valence-corrected chi connectivity index (χ1v) is 12.0. The van der Waals surface area contributed by atoms with Crippen molar-refractivity contribution in [3.05, 3.63) is 29.8 Å². The normalized spacial score (nSPS) is 27.2. The predicted octanol–water partition coefficient (Wildman–Crippen LogP) is 3.84. The molecule has 4 fully saturated rings. The van der Waals surface area contributed by atoms with Crippen molar-refractivity contribution in [1.29, 1.82) is 0 Å². The summed E-state index contributed by atoms with van der Waals surface area (Å²) in [4.78, 5) is 20.4. The Bertz CT molecular complexity index is 748. The maximum Gasteiger partial charge on any atom is 0.257 e. The maximum atomic E-state index is 12.1. The molecule has 170 valence electrons. The smallest absolute Gasteiger partial charge is 0.257 e. The number of carbonyl (C=O) groups excluding carboxylic acids is 1. The Balaban J connectivity index is 1.18. The molecule has 0 radical (unpaired) electrons. The van der Waals surface area contributed by atoms with Gasteiger partial charge in [0.1, 0.15) is 11.9 Å². The summed E-state index contributed by atoms with van der Waals surface area (Å²) in [5.74, 6) is 2.73. The number of benzene rings is 1. The van der Waals surface area contributed by atoms with E-state index in [0.717, 1.165) is 56.1 Å². The second-order valence-electron chi connectivity index (χ2n) is 9.70. The molecule has 1 atom stereocenters. The van der Waals surface area contributed by atoms with Crippen LogP contribution in [-0.4, -0.2) is 55.9 Å². The molecule has 3 aliphatic carbocycles. The molecular weight excluding hydrogens is 390 g/mol. The van der Waals surface area contributed by atoms with E-state index in [4.69, 9.17) is 9.57 Å². The van der Waals surface area contributed by atoms with Gasteiger partial charge in [0.2, 0.25) is 0 Å². The topological polar surface area (TPSA) is 63.2 Å². The minimum absolute atomic E-state index is 0.0480. The molecule has 1 aliphatic heterocycles. The van der Waals surface area contributed by atoms with E-state index in [2.05, 4.69) is 22.4 Å². The average molecular weight is 428 g/mol. The molecule has 31 heavy (non-hydrogen) atoms. The van der Waals surface area contributed by atoms with Crippen LogP contribution in [0.2, 0.25) is 0 Å². The van der Waals surface area contributed by atoms with E-state index < -0.39 is 0 Å². The third-order valence-electron chi connectivity index (χ3n) is 7.38. The van der Waals surface area contributed by atoms with Gasteiger partial charge < -0.3 is 19.8 Å². The number of piperidine rings is 1. The fourth-order valence-corrected chi connectivity index (χ4v) is 5.16. The van der Waals surface area contributed by atoms with Crippen molar-refractivity contribution in [1.82, 2.24) is 10.2 Å². The number of rotatable bonds is 8. The monoisotopic (exact) mass is 427 g/mol. The predicted molar refractivity (Wildman–Crippen MR) is 122 cm³/mol. The van der Waals surface area contributed by atoms with E-state index in [1.54, 1.807) is 0 Å². The van der Waals surface area contributed by atoms with E-state index >= 15 is 0 Å². The van der Waals surface area contributed by atoms with Crippen LogP contribution in [0.5, 0.6) is 5.75 Å². The van der Waals surface area contributed by atoms with Gasteiger partial charge in [0.05, 0.1) is 5.71 Å². The van der Waals surface area contributed by atoms with Crippen molar-refractivity contribution in [2.24, 2.45) is 22.9 Å². The first-order chi connectivity index (χ1) is 15.1. The molecule has 1 aromatic rings. The third kappa shape index (κ3) is 6.22. The van der Waals surface area contributed by atoms with Gasteiger partial charge >= 0.3 is 0 Å². The molecule has 5 rings (SSSR count). The number of nitrogens with zero attached hydrogens (tertiary/aromatic N) is 2. The van der Waals surface area contributed by atoms with Gasteiger partial charge in [-0.3, -0.25) is 4.79 Å². The molecule has 3 saturated carbocycles. The minimum Gasteiger partial charge on any atom is -0.484 e. The second kappa shape index (κ2) is 10.5. The highest BCUT2D eigenvalue weighted by Gasteiger charge is 2.37. The lowest BCUT2D eigenvalue weighted by Crippen LogP contribution is -2.38. The summed E-state index contributed by atoms with van der Waals surface area (Å²) in [5, 5.41) is 7.43. The molecule has 1 heterocycles. The highest BCUT2D eigenvalue weighted by molar-refractivity contribution is 5.98. The number of amides is 1. The molecule has 1 saturated heterocycles. The summed E-state index contributed by atoms with van der Waals surface area (Å²) in [6.07, 6.45) is 9.06. The number of fused-ring (bicyclic) bond motifs is 3. The fourth-order valence-electron chi connectivity index (χ4n) is 5.16. The van der Waals surface area contributed by atoms with Gasteiger partial charge in [-0.1, -0.05) is 5.16 Å². The number of hydrogen-bond acceptors (Lipinski definition) is 5. The maximum absolute atomic E-state index is 12.1. The molecule has 1 aromatic carbocycles. The van der Waals surface area contributed by atoms with Gasteiger partial charge in [0.15, 0.2) is 6.61 Å². The van der Waals surface area contributed by atoms with Crippen LogP contribution in [0.1, 0.15) is 57.4 Å². The summed E-state index contributed by atoms with van der Waals surface area (Å²) >= 11 is 0. The summed E-state index contributed by atoms with van der Waals surface area (Å²) in [5.41, 5.74) is 1.89. The summed E-state index contributed by atoms with van der Waals surface area (Å²) in [6, 6.07) is 7.73. The van der Waals surface area contributed by atoms with Crippen LogP contribution in [-0.2, 0) is 9.63 Å². The highest BCUT2D eigenvalue weighted by atomic mass is 16.6. The number of nitrogens with one attached hydrogen (secondary N) is 1. The Kier molecular flexibility index (Phi) is 7.49. The number of oxime groups is 1. The van der Waals surface area contributed by atoms with Crippen LogP contribution in [0.25, 0.3) is 0 Å². The van der Waals surface area contributed by atoms with E-state index in [9.17, 15) is 4.79 Å². The van der Waals surface area contributed by atoms with Gasteiger partial charge in [-0.05, 0) is 120 Å². The molecule has 2 bridgehead atoms. The van der Waals surface area contributed by atoms with Crippen LogP contribution in [0.3, 0.4) is 0 Å². The first-order valence-electron chi connectivity index (χ1n) is 12.0. The molecule has 1 amide bonds. The minimum atomic E-state index is -0.0593. The van der Waals surface area contributed by atoms with Gasteiger partial charge in [-0.2, -0.15) is 0 Å². The van der Waals surface area contributed by atoms with Crippen molar-refractivity contribution in [3.8, 4) is 5.75 Å². The highest BCUT2D eigenvalue weighted by Crippen LogP contribution is 2.42. The third-order valence-corrected chi connectivity index (χ3v) is 7.38. The largest absolute Gasteiger partial charge is 0.484 e. The van der Waals surface area contributed by atoms with Gasteiger partial charge in [0, 0.05) is 6.54 Å². The zero-order valence-corrected chi connectivity index (χ0v) is 19.0. The lowest BCUT2D eigenvalue weighted by molar-refractivity contribution is -0.123. The Labute approximate surface area is 186 Å². The number of likely N-dealkylation sites (tertiary alicyclic amines) is 1. The van der Waals surface area contributed by atoms with Gasteiger partial charge in [-0.25, -0.2) is 0 Å². The van der Waals surface area contributed by atoms with E-state index in [1.807, 2.05) is 31.2 Å². The average Bonchev–Trinajstić information content (AvgIpc) is 2.82. The Morgan fingerprint density at radius 2 is 1.81 bits per heavy atom. The standard InChI is InChI=1S/C25H37N3O3/c1-18(27-31-24-15-19-3-5-22(24)6-4-19)21-7-9-23(10-8-21)30-17-25(29)26-16-20-11-13-28(2)14-12-20/h7-10,19-20,22,24H,3-6,11-17H2,1-2H3,(H,26,29). The quantitative estimate of drug-likeness (QED) is 0.506. The molecule has 1 N–H and O–H groups in total. The van der Waals surface area contributed by atoms with Crippen molar-refractivity contribution >= 4 is 11.6 Å². The zero-order chi connectivity index (χ0) is 21.6. The van der Waals surface area contributed by atoms with Crippen LogP contribution in [0, 0.1) is 17.8 Å². The molecule has 0 spiro atoms.